The number of hydrogen-bond donors (Lipinski definition) is 0. The fraction of sp³-hybridized carbons (Fsp3) is 0.222. The molecule has 3 aromatic rings. The predicted molar refractivity (Wildman–Crippen MR) is 90.3 cm³/mol. The van der Waals surface area contributed by atoms with Crippen LogP contribution in [0.4, 0.5) is 20.3 Å². The first-order chi connectivity index (χ1) is 11.7. The molecule has 122 valence electrons. The Balaban J connectivity index is 1.53. The molecule has 1 aromatic heterocycles. The van der Waals surface area contributed by atoms with E-state index in [1.54, 1.807) is 6.20 Å². The van der Waals surface area contributed by atoms with Crippen molar-refractivity contribution in [1.29, 1.82) is 0 Å². The van der Waals surface area contributed by atoms with Gasteiger partial charge < -0.3 is 9.80 Å². The monoisotopic (exact) mass is 326 g/mol. The summed E-state index contributed by atoms with van der Waals surface area (Å²) >= 11 is 0. The third-order valence-electron chi connectivity index (χ3n) is 4.30. The Morgan fingerprint density at radius 3 is 2.12 bits per heavy atom. The van der Waals surface area contributed by atoms with Crippen molar-refractivity contribution in [2.24, 2.45) is 0 Å². The summed E-state index contributed by atoms with van der Waals surface area (Å²) in [5.74, 6) is -1.11. The number of nitrogens with zero attached hydrogens (tertiary/aromatic N) is 4. The Morgan fingerprint density at radius 2 is 1.42 bits per heavy atom. The highest BCUT2D eigenvalue weighted by Gasteiger charge is 2.19. The van der Waals surface area contributed by atoms with Crippen LogP contribution in [-0.2, 0) is 0 Å². The summed E-state index contributed by atoms with van der Waals surface area (Å²) in [7, 11) is 0. The molecule has 0 N–H and O–H groups in total. The van der Waals surface area contributed by atoms with E-state index in [0.29, 0.717) is 16.9 Å². The minimum absolute atomic E-state index is 0.362. The van der Waals surface area contributed by atoms with Gasteiger partial charge in [-0.15, -0.1) is 0 Å². The van der Waals surface area contributed by atoms with Crippen molar-refractivity contribution in [2.45, 2.75) is 0 Å². The van der Waals surface area contributed by atoms with Gasteiger partial charge in [0.2, 0.25) is 0 Å². The quantitative estimate of drug-likeness (QED) is 0.724. The summed E-state index contributed by atoms with van der Waals surface area (Å²) in [4.78, 5) is 13.1. The smallest absolute Gasteiger partial charge is 0.161 e. The molecule has 0 radical (unpaired) electrons. The summed E-state index contributed by atoms with van der Waals surface area (Å²) in [5, 5.41) is 0. The molecule has 4 nitrogen and oxygen atoms in total. The maximum Gasteiger partial charge on any atom is 0.161 e. The second kappa shape index (κ2) is 6.03. The van der Waals surface area contributed by atoms with E-state index in [1.807, 2.05) is 18.2 Å². The maximum atomic E-state index is 13.4. The lowest BCUT2D eigenvalue weighted by Crippen LogP contribution is -2.46. The number of para-hydroxylation sites is 1. The number of benzene rings is 2. The van der Waals surface area contributed by atoms with Crippen LogP contribution in [0.3, 0.4) is 0 Å². The highest BCUT2D eigenvalue weighted by atomic mass is 19.2. The number of anilines is 2. The zero-order valence-electron chi connectivity index (χ0n) is 13.0. The average Bonchev–Trinajstić information content (AvgIpc) is 2.63. The van der Waals surface area contributed by atoms with E-state index < -0.39 is 11.6 Å². The molecule has 0 spiro atoms. The highest BCUT2D eigenvalue weighted by Crippen LogP contribution is 2.21. The standard InChI is InChI=1S/C18H16F2N4/c19-14-10-16-17(11-15(14)20)22-18(12-21-16)24-8-6-23(7-9-24)13-4-2-1-3-5-13/h1-5,10-12H,6-9H2. The van der Waals surface area contributed by atoms with E-state index >= 15 is 0 Å². The van der Waals surface area contributed by atoms with E-state index in [0.717, 1.165) is 38.3 Å². The normalized spacial score (nSPS) is 15.1. The van der Waals surface area contributed by atoms with Crippen LogP contribution in [0.15, 0.2) is 48.7 Å². The largest absolute Gasteiger partial charge is 0.368 e. The molecule has 1 saturated heterocycles. The summed E-state index contributed by atoms with van der Waals surface area (Å²) in [6, 6.07) is 12.4. The summed E-state index contributed by atoms with van der Waals surface area (Å²) in [6.45, 7) is 3.36. The van der Waals surface area contributed by atoms with E-state index in [9.17, 15) is 8.78 Å². The molecule has 0 atom stereocenters. The molecule has 4 rings (SSSR count). The first kappa shape index (κ1) is 14.8. The number of aromatic nitrogens is 2. The Hall–Kier alpha value is -2.76. The number of piperazine rings is 1. The van der Waals surface area contributed by atoms with Gasteiger partial charge in [-0.05, 0) is 12.1 Å². The molecule has 24 heavy (non-hydrogen) atoms. The van der Waals surface area contributed by atoms with E-state index in [4.69, 9.17) is 0 Å². The Labute approximate surface area is 138 Å². The molecule has 0 unspecified atom stereocenters. The Bertz CT molecular complexity index is 862. The molecule has 2 aromatic carbocycles. The van der Waals surface area contributed by atoms with Crippen molar-refractivity contribution in [1.82, 2.24) is 9.97 Å². The molecule has 1 aliphatic heterocycles. The molecule has 0 bridgehead atoms. The van der Waals surface area contributed by atoms with Gasteiger partial charge in [0.1, 0.15) is 5.82 Å². The van der Waals surface area contributed by atoms with Gasteiger partial charge >= 0.3 is 0 Å². The van der Waals surface area contributed by atoms with Crippen LogP contribution < -0.4 is 9.80 Å². The van der Waals surface area contributed by atoms with Crippen molar-refractivity contribution in [3.63, 3.8) is 0 Å². The summed E-state index contributed by atoms with van der Waals surface area (Å²) < 4.78 is 26.6. The SMILES string of the molecule is Fc1cc2ncc(N3CCN(c4ccccc4)CC3)nc2cc1F. The van der Waals surface area contributed by atoms with E-state index in [-0.39, 0.29) is 0 Å². The third-order valence-corrected chi connectivity index (χ3v) is 4.30. The van der Waals surface area contributed by atoms with Crippen molar-refractivity contribution in [3.8, 4) is 0 Å². The topological polar surface area (TPSA) is 32.3 Å². The number of rotatable bonds is 2. The van der Waals surface area contributed by atoms with Gasteiger partial charge in [0.15, 0.2) is 11.6 Å². The molecule has 2 heterocycles. The third kappa shape index (κ3) is 2.75. The van der Waals surface area contributed by atoms with Gasteiger partial charge in [0, 0.05) is 44.0 Å². The van der Waals surface area contributed by atoms with E-state index in [2.05, 4.69) is 31.9 Å². The molecular weight excluding hydrogens is 310 g/mol. The van der Waals surface area contributed by atoms with Crippen LogP contribution in [0.2, 0.25) is 0 Å². The molecule has 1 aliphatic rings. The van der Waals surface area contributed by atoms with Crippen LogP contribution in [-0.4, -0.2) is 36.1 Å². The van der Waals surface area contributed by atoms with Crippen LogP contribution in [0.1, 0.15) is 0 Å². The van der Waals surface area contributed by atoms with Crippen LogP contribution in [0, 0.1) is 11.6 Å². The lowest BCUT2D eigenvalue weighted by molar-refractivity contribution is 0.510. The van der Waals surface area contributed by atoms with Gasteiger partial charge in [-0.3, -0.25) is 4.98 Å². The minimum atomic E-state index is -0.902. The zero-order valence-corrected chi connectivity index (χ0v) is 13.0. The Kier molecular flexibility index (Phi) is 3.72. The van der Waals surface area contributed by atoms with Crippen molar-refractivity contribution >= 4 is 22.5 Å². The Morgan fingerprint density at radius 1 is 0.792 bits per heavy atom. The van der Waals surface area contributed by atoms with Crippen LogP contribution in [0.5, 0.6) is 0 Å². The first-order valence-corrected chi connectivity index (χ1v) is 7.87. The van der Waals surface area contributed by atoms with Crippen molar-refractivity contribution in [3.05, 3.63) is 60.3 Å². The van der Waals surface area contributed by atoms with Crippen LogP contribution in [0.25, 0.3) is 11.0 Å². The average molecular weight is 326 g/mol. The van der Waals surface area contributed by atoms with E-state index in [1.165, 1.54) is 5.69 Å². The molecule has 0 aliphatic carbocycles. The van der Waals surface area contributed by atoms with Gasteiger partial charge in [-0.25, -0.2) is 13.8 Å². The molecule has 0 amide bonds. The van der Waals surface area contributed by atoms with Crippen LogP contribution >= 0.6 is 0 Å². The zero-order chi connectivity index (χ0) is 16.5. The van der Waals surface area contributed by atoms with Gasteiger partial charge in [0.25, 0.3) is 0 Å². The van der Waals surface area contributed by atoms with Gasteiger partial charge in [-0.2, -0.15) is 0 Å². The fourth-order valence-electron chi connectivity index (χ4n) is 2.98. The lowest BCUT2D eigenvalue weighted by Gasteiger charge is -2.36. The van der Waals surface area contributed by atoms with Crippen molar-refractivity contribution in [2.75, 3.05) is 36.0 Å². The summed E-state index contributed by atoms with van der Waals surface area (Å²) in [6.07, 6.45) is 1.62. The summed E-state index contributed by atoms with van der Waals surface area (Å²) in [5.41, 5.74) is 1.94. The molecular formula is C18H16F2N4. The molecule has 1 fully saturated rings. The number of hydrogen-bond acceptors (Lipinski definition) is 4. The second-order valence-electron chi connectivity index (χ2n) is 5.79. The number of halogens is 2. The fourth-order valence-corrected chi connectivity index (χ4v) is 2.98. The van der Waals surface area contributed by atoms with Gasteiger partial charge in [-0.1, -0.05) is 18.2 Å². The minimum Gasteiger partial charge on any atom is -0.368 e. The molecule has 0 saturated carbocycles. The first-order valence-electron chi connectivity index (χ1n) is 7.87. The molecule has 6 heteroatoms. The predicted octanol–water partition coefficient (Wildman–Crippen LogP) is 3.23. The van der Waals surface area contributed by atoms with Crippen molar-refractivity contribution < 1.29 is 8.78 Å². The maximum absolute atomic E-state index is 13.4. The lowest BCUT2D eigenvalue weighted by atomic mass is 10.2. The second-order valence-corrected chi connectivity index (χ2v) is 5.79. The van der Waals surface area contributed by atoms with Gasteiger partial charge in [0.05, 0.1) is 17.2 Å². The highest BCUT2D eigenvalue weighted by molar-refractivity contribution is 5.75. The number of fused-ring (bicyclic) bond motifs is 1.